The van der Waals surface area contributed by atoms with Gasteiger partial charge in [-0.3, -0.25) is 0 Å². The fourth-order valence-corrected chi connectivity index (χ4v) is 2.34. The highest BCUT2D eigenvalue weighted by molar-refractivity contribution is 5.04. The molecule has 0 amide bonds. The van der Waals surface area contributed by atoms with E-state index in [2.05, 4.69) is 53.7 Å². The van der Waals surface area contributed by atoms with Crippen LogP contribution < -0.4 is 0 Å². The molecule has 1 aliphatic rings. The summed E-state index contributed by atoms with van der Waals surface area (Å²) in [4.78, 5) is 0. The van der Waals surface area contributed by atoms with E-state index in [4.69, 9.17) is 9.47 Å². The van der Waals surface area contributed by atoms with E-state index in [0.717, 1.165) is 19.3 Å². The molecule has 1 saturated heterocycles. The van der Waals surface area contributed by atoms with Crippen LogP contribution >= 0.6 is 0 Å². The lowest BCUT2D eigenvalue weighted by molar-refractivity contribution is -0.247. The Kier molecular flexibility index (Phi) is 5.61. The highest BCUT2D eigenvalue weighted by Gasteiger charge is 2.32. The van der Waals surface area contributed by atoms with Crippen molar-refractivity contribution in [1.29, 1.82) is 0 Å². The Morgan fingerprint density at radius 2 is 1.94 bits per heavy atom. The van der Waals surface area contributed by atoms with Gasteiger partial charge in [-0.15, -0.1) is 0 Å². The van der Waals surface area contributed by atoms with Gasteiger partial charge in [-0.05, 0) is 60.5 Å². The molecule has 18 heavy (non-hydrogen) atoms. The molecular weight excluding hydrogens is 224 g/mol. The van der Waals surface area contributed by atoms with E-state index in [1.807, 2.05) is 0 Å². The third kappa shape index (κ3) is 5.83. The van der Waals surface area contributed by atoms with Gasteiger partial charge in [0.1, 0.15) is 0 Å². The smallest absolute Gasteiger partial charge is 0.178 e. The first-order valence-electron chi connectivity index (χ1n) is 6.92. The minimum absolute atomic E-state index is 0.0843. The van der Waals surface area contributed by atoms with Crippen LogP contribution in [0.2, 0.25) is 0 Å². The normalized spacial score (nSPS) is 28.0. The Morgan fingerprint density at radius 1 is 1.28 bits per heavy atom. The van der Waals surface area contributed by atoms with Crippen LogP contribution in [0.5, 0.6) is 0 Å². The summed E-state index contributed by atoms with van der Waals surface area (Å²) in [5.74, 6) is 0. The number of ether oxygens (including phenoxy) is 2. The highest BCUT2D eigenvalue weighted by Crippen LogP contribution is 2.28. The van der Waals surface area contributed by atoms with Crippen molar-refractivity contribution in [3.8, 4) is 0 Å². The summed E-state index contributed by atoms with van der Waals surface area (Å²) in [7, 11) is 0. The fourth-order valence-electron chi connectivity index (χ4n) is 2.34. The first-order valence-corrected chi connectivity index (χ1v) is 6.92. The SMILES string of the molecule is CC(C)=CCC/C(C)=C/C1OC(C)CC(C)(C)O1. The van der Waals surface area contributed by atoms with E-state index in [-0.39, 0.29) is 18.0 Å². The third-order valence-corrected chi connectivity index (χ3v) is 3.09. The molecule has 1 heterocycles. The Morgan fingerprint density at radius 3 is 2.50 bits per heavy atom. The van der Waals surface area contributed by atoms with Crippen LogP contribution in [0.4, 0.5) is 0 Å². The van der Waals surface area contributed by atoms with Crippen LogP contribution in [0.15, 0.2) is 23.3 Å². The van der Waals surface area contributed by atoms with E-state index in [9.17, 15) is 0 Å². The molecule has 0 N–H and O–H groups in total. The van der Waals surface area contributed by atoms with Crippen LogP contribution in [0, 0.1) is 0 Å². The summed E-state index contributed by atoms with van der Waals surface area (Å²) < 4.78 is 11.7. The van der Waals surface area contributed by atoms with E-state index >= 15 is 0 Å². The molecule has 1 fully saturated rings. The van der Waals surface area contributed by atoms with E-state index in [0.29, 0.717) is 0 Å². The zero-order valence-electron chi connectivity index (χ0n) is 12.7. The largest absolute Gasteiger partial charge is 0.346 e. The van der Waals surface area contributed by atoms with Gasteiger partial charge >= 0.3 is 0 Å². The van der Waals surface area contributed by atoms with Crippen molar-refractivity contribution in [1.82, 2.24) is 0 Å². The van der Waals surface area contributed by atoms with Gasteiger partial charge in [0.2, 0.25) is 0 Å². The van der Waals surface area contributed by atoms with Crippen LogP contribution in [0.3, 0.4) is 0 Å². The lowest BCUT2D eigenvalue weighted by Gasteiger charge is -2.38. The van der Waals surface area contributed by atoms with Gasteiger partial charge in [-0.2, -0.15) is 0 Å². The summed E-state index contributed by atoms with van der Waals surface area (Å²) >= 11 is 0. The molecule has 0 aliphatic carbocycles. The van der Waals surface area contributed by atoms with Gasteiger partial charge in [0.05, 0.1) is 11.7 Å². The maximum atomic E-state index is 5.93. The predicted molar refractivity (Wildman–Crippen MR) is 76.5 cm³/mol. The van der Waals surface area contributed by atoms with Crippen molar-refractivity contribution in [3.63, 3.8) is 0 Å². The summed E-state index contributed by atoms with van der Waals surface area (Å²) in [5.41, 5.74) is 2.63. The molecule has 2 heteroatoms. The molecule has 0 aromatic carbocycles. The summed E-state index contributed by atoms with van der Waals surface area (Å²) in [6.07, 6.45) is 7.59. The van der Waals surface area contributed by atoms with Crippen molar-refractivity contribution in [2.45, 2.75) is 78.8 Å². The second-order valence-electron chi connectivity index (χ2n) is 6.23. The quantitative estimate of drug-likeness (QED) is 0.680. The number of allylic oxidation sites excluding steroid dienone is 3. The molecule has 0 spiro atoms. The Hall–Kier alpha value is -0.600. The summed E-state index contributed by atoms with van der Waals surface area (Å²) in [6, 6.07) is 0. The molecule has 0 radical (unpaired) electrons. The zero-order chi connectivity index (χ0) is 13.8. The van der Waals surface area contributed by atoms with E-state index < -0.39 is 0 Å². The number of rotatable bonds is 4. The molecule has 0 aromatic rings. The first-order chi connectivity index (χ1) is 8.28. The first kappa shape index (κ1) is 15.5. The molecule has 0 saturated carbocycles. The van der Waals surface area contributed by atoms with Crippen LogP contribution in [0.25, 0.3) is 0 Å². The Bertz CT molecular complexity index is 322. The van der Waals surface area contributed by atoms with Crippen molar-refractivity contribution in [2.75, 3.05) is 0 Å². The number of hydrogen-bond donors (Lipinski definition) is 0. The monoisotopic (exact) mass is 252 g/mol. The van der Waals surface area contributed by atoms with Crippen molar-refractivity contribution < 1.29 is 9.47 Å². The average molecular weight is 252 g/mol. The van der Waals surface area contributed by atoms with Crippen molar-refractivity contribution in [2.24, 2.45) is 0 Å². The summed E-state index contributed by atoms with van der Waals surface area (Å²) in [6.45, 7) is 12.8. The van der Waals surface area contributed by atoms with Gasteiger partial charge in [0.25, 0.3) is 0 Å². The van der Waals surface area contributed by atoms with Gasteiger partial charge in [0, 0.05) is 6.42 Å². The molecule has 0 bridgehead atoms. The molecule has 2 atom stereocenters. The van der Waals surface area contributed by atoms with Crippen LogP contribution in [-0.4, -0.2) is 18.0 Å². The topological polar surface area (TPSA) is 18.5 Å². The fraction of sp³-hybridized carbons (Fsp3) is 0.750. The molecule has 2 unspecified atom stereocenters. The lowest BCUT2D eigenvalue weighted by atomic mass is 10.00. The van der Waals surface area contributed by atoms with Crippen LogP contribution in [-0.2, 0) is 9.47 Å². The Labute approximate surface area is 112 Å². The number of hydrogen-bond acceptors (Lipinski definition) is 2. The van der Waals surface area contributed by atoms with Gasteiger partial charge < -0.3 is 9.47 Å². The second-order valence-corrected chi connectivity index (χ2v) is 6.23. The van der Waals surface area contributed by atoms with Gasteiger partial charge in [0.15, 0.2) is 6.29 Å². The van der Waals surface area contributed by atoms with Crippen molar-refractivity contribution >= 4 is 0 Å². The Balaban J connectivity index is 2.51. The van der Waals surface area contributed by atoms with Gasteiger partial charge in [-0.1, -0.05) is 17.2 Å². The molecule has 1 aliphatic heterocycles. The van der Waals surface area contributed by atoms with Gasteiger partial charge in [-0.25, -0.2) is 0 Å². The minimum atomic E-state index is -0.185. The minimum Gasteiger partial charge on any atom is -0.346 e. The van der Waals surface area contributed by atoms with Crippen LogP contribution in [0.1, 0.15) is 60.8 Å². The maximum absolute atomic E-state index is 5.93. The van der Waals surface area contributed by atoms with E-state index in [1.165, 1.54) is 11.1 Å². The standard InChI is InChI=1S/C16H28O2/c1-12(2)8-7-9-13(3)10-15-17-14(4)11-16(5,6)18-15/h8,10,14-15H,7,9,11H2,1-6H3/b13-10+. The third-order valence-electron chi connectivity index (χ3n) is 3.09. The van der Waals surface area contributed by atoms with Crippen molar-refractivity contribution in [3.05, 3.63) is 23.3 Å². The van der Waals surface area contributed by atoms with E-state index in [1.54, 1.807) is 0 Å². The lowest BCUT2D eigenvalue weighted by Crippen LogP contribution is -2.42. The molecule has 2 nitrogen and oxygen atoms in total. The zero-order valence-corrected chi connectivity index (χ0v) is 12.7. The molecule has 104 valence electrons. The average Bonchev–Trinajstić information content (AvgIpc) is 2.12. The molecule has 1 rings (SSSR count). The highest BCUT2D eigenvalue weighted by atomic mass is 16.7. The summed E-state index contributed by atoms with van der Waals surface area (Å²) in [5, 5.41) is 0. The second kappa shape index (κ2) is 6.53. The molecule has 0 aromatic heterocycles. The maximum Gasteiger partial charge on any atom is 0.178 e. The predicted octanol–water partition coefficient (Wildman–Crippen LogP) is 4.61. The molecular formula is C16H28O2.